The predicted molar refractivity (Wildman–Crippen MR) is 128 cm³/mol. The van der Waals surface area contributed by atoms with Gasteiger partial charge in [-0.25, -0.2) is 8.42 Å². The summed E-state index contributed by atoms with van der Waals surface area (Å²) in [7, 11) is -0.951. The van der Waals surface area contributed by atoms with E-state index in [1.165, 1.54) is 19.2 Å². The van der Waals surface area contributed by atoms with Crippen molar-refractivity contribution in [3.05, 3.63) is 83.9 Å². The molecule has 0 saturated heterocycles. The van der Waals surface area contributed by atoms with Crippen LogP contribution in [0.3, 0.4) is 0 Å². The molecule has 3 rings (SSSR count). The minimum atomic E-state index is -4.01. The fraction of sp³-hybridized carbons (Fsp3) is 0.240. The van der Waals surface area contributed by atoms with Gasteiger partial charge in [-0.3, -0.25) is 9.10 Å². The first kappa shape index (κ1) is 24.1. The minimum absolute atomic E-state index is 0.0986. The number of para-hydroxylation sites is 1. The molecule has 7 nitrogen and oxygen atoms in total. The zero-order valence-electron chi connectivity index (χ0n) is 19.1. The first-order valence-electron chi connectivity index (χ1n) is 10.4. The summed E-state index contributed by atoms with van der Waals surface area (Å²) in [6, 6.07) is 20.1. The highest BCUT2D eigenvalue weighted by molar-refractivity contribution is 7.92. The molecule has 3 aromatic carbocycles. The summed E-state index contributed by atoms with van der Waals surface area (Å²) in [5, 5.41) is 2.88. The number of rotatable bonds is 9. The van der Waals surface area contributed by atoms with Crippen molar-refractivity contribution < 1.29 is 22.7 Å². The first-order valence-corrected chi connectivity index (χ1v) is 11.9. The van der Waals surface area contributed by atoms with Gasteiger partial charge in [0.15, 0.2) is 0 Å². The van der Waals surface area contributed by atoms with Gasteiger partial charge in [0.25, 0.3) is 10.0 Å². The quantitative estimate of drug-likeness (QED) is 0.511. The van der Waals surface area contributed by atoms with E-state index in [4.69, 9.17) is 9.47 Å². The van der Waals surface area contributed by atoms with Crippen molar-refractivity contribution in [3.8, 4) is 11.5 Å². The number of ether oxygens (including phenoxy) is 2. The van der Waals surface area contributed by atoms with Gasteiger partial charge in [0.1, 0.15) is 18.0 Å². The molecule has 1 atom stereocenters. The Balaban J connectivity index is 1.92. The number of benzene rings is 3. The Kier molecular flexibility index (Phi) is 7.60. The van der Waals surface area contributed by atoms with Gasteiger partial charge >= 0.3 is 0 Å². The summed E-state index contributed by atoms with van der Waals surface area (Å²) in [6.45, 7) is 3.30. The predicted octanol–water partition coefficient (Wildman–Crippen LogP) is 4.08. The average molecular weight is 469 g/mol. The Morgan fingerprint density at radius 3 is 2.33 bits per heavy atom. The SMILES string of the molecule is COc1cccc(N(CC(=O)N[C@H](C)c2ccccc2OC)S(=O)(=O)c2ccc(C)cc2)c1. The van der Waals surface area contributed by atoms with Crippen LogP contribution in [-0.2, 0) is 14.8 Å². The van der Waals surface area contributed by atoms with Gasteiger partial charge in [0.2, 0.25) is 5.91 Å². The van der Waals surface area contributed by atoms with Gasteiger partial charge in [-0.05, 0) is 44.2 Å². The van der Waals surface area contributed by atoms with Gasteiger partial charge in [0, 0.05) is 11.6 Å². The fourth-order valence-electron chi connectivity index (χ4n) is 3.44. The van der Waals surface area contributed by atoms with Crippen LogP contribution >= 0.6 is 0 Å². The third-order valence-electron chi connectivity index (χ3n) is 5.22. The monoisotopic (exact) mass is 468 g/mol. The van der Waals surface area contributed by atoms with Gasteiger partial charge in [0.05, 0.1) is 30.8 Å². The molecule has 0 aliphatic heterocycles. The van der Waals surface area contributed by atoms with E-state index in [0.29, 0.717) is 17.2 Å². The number of amides is 1. The number of nitrogens with zero attached hydrogens (tertiary/aromatic N) is 1. The van der Waals surface area contributed by atoms with Crippen LogP contribution in [0.4, 0.5) is 5.69 Å². The second-order valence-corrected chi connectivity index (χ2v) is 9.42. The lowest BCUT2D eigenvalue weighted by Gasteiger charge is -2.25. The van der Waals surface area contributed by atoms with Crippen LogP contribution in [0.15, 0.2) is 77.7 Å². The molecule has 0 aromatic heterocycles. The highest BCUT2D eigenvalue weighted by Crippen LogP contribution is 2.28. The van der Waals surface area contributed by atoms with E-state index >= 15 is 0 Å². The van der Waals surface area contributed by atoms with E-state index in [0.717, 1.165) is 15.4 Å². The number of hydrogen-bond donors (Lipinski definition) is 1. The molecule has 0 saturated carbocycles. The zero-order valence-corrected chi connectivity index (χ0v) is 19.9. The summed E-state index contributed by atoms with van der Waals surface area (Å²) < 4.78 is 38.8. The van der Waals surface area contributed by atoms with Crippen LogP contribution in [0.1, 0.15) is 24.1 Å². The lowest BCUT2D eigenvalue weighted by molar-refractivity contribution is -0.120. The van der Waals surface area contributed by atoms with Crippen LogP contribution in [0, 0.1) is 6.92 Å². The maximum atomic E-state index is 13.5. The Labute approximate surface area is 195 Å². The van der Waals surface area contributed by atoms with Crippen molar-refractivity contribution >= 4 is 21.6 Å². The topological polar surface area (TPSA) is 84.9 Å². The van der Waals surface area contributed by atoms with Gasteiger partial charge in [-0.15, -0.1) is 0 Å². The smallest absolute Gasteiger partial charge is 0.264 e. The molecule has 0 fully saturated rings. The van der Waals surface area contributed by atoms with Gasteiger partial charge < -0.3 is 14.8 Å². The zero-order chi connectivity index (χ0) is 24.0. The lowest BCUT2D eigenvalue weighted by Crippen LogP contribution is -2.41. The summed E-state index contributed by atoms with van der Waals surface area (Å²) in [6.07, 6.45) is 0. The number of carbonyl (C=O) groups excluding carboxylic acids is 1. The summed E-state index contributed by atoms with van der Waals surface area (Å²) in [5.41, 5.74) is 2.06. The Morgan fingerprint density at radius 1 is 0.970 bits per heavy atom. The molecule has 0 unspecified atom stereocenters. The number of carbonyl (C=O) groups is 1. The van der Waals surface area contributed by atoms with Crippen LogP contribution in [-0.4, -0.2) is 35.1 Å². The number of hydrogen-bond acceptors (Lipinski definition) is 5. The maximum absolute atomic E-state index is 13.5. The van der Waals surface area contributed by atoms with Crippen molar-refractivity contribution in [1.29, 1.82) is 0 Å². The average Bonchev–Trinajstić information content (AvgIpc) is 2.82. The van der Waals surface area contributed by atoms with Gasteiger partial charge in [-0.1, -0.05) is 42.0 Å². The van der Waals surface area contributed by atoms with Crippen LogP contribution in [0.5, 0.6) is 11.5 Å². The molecule has 3 aromatic rings. The standard InChI is InChI=1S/C25H28N2O5S/c1-18-12-14-22(15-13-18)33(29,30)27(20-8-7-9-21(16-20)31-3)17-25(28)26-19(2)23-10-5-6-11-24(23)32-4/h5-16,19H,17H2,1-4H3,(H,26,28)/t19-/m1/s1. The van der Waals surface area contributed by atoms with Gasteiger partial charge in [-0.2, -0.15) is 0 Å². The Bertz CT molecular complexity index is 1210. The Hall–Kier alpha value is -3.52. The molecule has 1 N–H and O–H groups in total. The fourth-order valence-corrected chi connectivity index (χ4v) is 4.85. The molecular weight excluding hydrogens is 440 g/mol. The molecular formula is C25H28N2O5S. The van der Waals surface area contributed by atoms with Crippen molar-refractivity contribution in [2.24, 2.45) is 0 Å². The lowest BCUT2D eigenvalue weighted by atomic mass is 10.1. The van der Waals surface area contributed by atoms with Crippen LogP contribution in [0.2, 0.25) is 0 Å². The third kappa shape index (κ3) is 5.64. The molecule has 1 amide bonds. The summed E-state index contributed by atoms with van der Waals surface area (Å²) >= 11 is 0. The highest BCUT2D eigenvalue weighted by atomic mass is 32.2. The molecule has 174 valence electrons. The summed E-state index contributed by atoms with van der Waals surface area (Å²) in [4.78, 5) is 13.1. The number of methoxy groups -OCH3 is 2. The largest absolute Gasteiger partial charge is 0.497 e. The number of aryl methyl sites for hydroxylation is 1. The van der Waals surface area contributed by atoms with Crippen molar-refractivity contribution in [2.45, 2.75) is 24.8 Å². The molecule has 0 radical (unpaired) electrons. The molecule has 0 spiro atoms. The normalized spacial score (nSPS) is 12.0. The molecule has 0 aliphatic rings. The Morgan fingerprint density at radius 2 is 1.67 bits per heavy atom. The molecule has 8 heteroatoms. The van der Waals surface area contributed by atoms with E-state index in [-0.39, 0.29) is 10.9 Å². The molecule has 0 heterocycles. The molecule has 0 bridgehead atoms. The second kappa shape index (κ2) is 10.4. The maximum Gasteiger partial charge on any atom is 0.264 e. The third-order valence-corrected chi connectivity index (χ3v) is 7.01. The highest BCUT2D eigenvalue weighted by Gasteiger charge is 2.28. The van der Waals surface area contributed by atoms with Crippen molar-refractivity contribution in [2.75, 3.05) is 25.1 Å². The summed E-state index contributed by atoms with van der Waals surface area (Å²) in [5.74, 6) is 0.675. The van der Waals surface area contributed by atoms with Crippen LogP contribution in [0.25, 0.3) is 0 Å². The minimum Gasteiger partial charge on any atom is -0.497 e. The van der Waals surface area contributed by atoms with E-state index in [2.05, 4.69) is 5.32 Å². The number of anilines is 1. The van der Waals surface area contributed by atoms with Crippen molar-refractivity contribution in [3.63, 3.8) is 0 Å². The molecule has 33 heavy (non-hydrogen) atoms. The first-order chi connectivity index (χ1) is 15.8. The number of nitrogens with one attached hydrogen (secondary N) is 1. The van der Waals surface area contributed by atoms with E-state index < -0.39 is 22.5 Å². The number of sulfonamides is 1. The van der Waals surface area contributed by atoms with Crippen LogP contribution < -0.4 is 19.1 Å². The van der Waals surface area contributed by atoms with E-state index in [1.807, 2.05) is 38.1 Å². The van der Waals surface area contributed by atoms with E-state index in [1.54, 1.807) is 43.5 Å². The molecule has 0 aliphatic carbocycles. The van der Waals surface area contributed by atoms with E-state index in [9.17, 15) is 13.2 Å². The second-order valence-electron chi connectivity index (χ2n) is 7.56. The van der Waals surface area contributed by atoms with Crippen molar-refractivity contribution in [1.82, 2.24) is 5.32 Å².